The lowest BCUT2D eigenvalue weighted by Gasteiger charge is -2.37. The summed E-state index contributed by atoms with van der Waals surface area (Å²) in [6.45, 7) is 2.27. The summed E-state index contributed by atoms with van der Waals surface area (Å²) >= 11 is 1.34. The van der Waals surface area contributed by atoms with E-state index >= 15 is 0 Å². The summed E-state index contributed by atoms with van der Waals surface area (Å²) in [7, 11) is -2.84. The molecule has 2 aromatic rings. The third kappa shape index (κ3) is 6.02. The lowest BCUT2D eigenvalue weighted by molar-refractivity contribution is 0.0691. The number of carboxylic acids is 1. The summed E-state index contributed by atoms with van der Waals surface area (Å²) in [5, 5.41) is 11.3. The van der Waals surface area contributed by atoms with Crippen LogP contribution in [0.2, 0.25) is 0 Å². The van der Waals surface area contributed by atoms with E-state index in [1.807, 2.05) is 0 Å². The Morgan fingerprint density at radius 2 is 1.78 bits per heavy atom. The Morgan fingerprint density at radius 3 is 2.36 bits per heavy atom. The molecule has 7 nitrogen and oxygen atoms in total. The molecule has 2 N–H and O–H groups in total. The van der Waals surface area contributed by atoms with Crippen molar-refractivity contribution >= 4 is 33.0 Å². The third-order valence-corrected chi connectivity index (χ3v) is 10.3. The average Bonchev–Trinajstić information content (AvgIpc) is 3.36. The molecule has 0 amide bonds. The van der Waals surface area contributed by atoms with Crippen molar-refractivity contribution in [3.63, 3.8) is 0 Å². The van der Waals surface area contributed by atoms with E-state index in [-0.39, 0.29) is 22.4 Å². The van der Waals surface area contributed by atoms with Gasteiger partial charge in [0.2, 0.25) is 0 Å². The van der Waals surface area contributed by atoms with Crippen molar-refractivity contribution in [2.75, 3.05) is 11.8 Å². The second kappa shape index (κ2) is 11.5. The van der Waals surface area contributed by atoms with Crippen LogP contribution in [0.25, 0.3) is 0 Å². The molecule has 2 fully saturated rings. The first-order valence-corrected chi connectivity index (χ1v) is 15.2. The normalized spacial score (nSPS) is 24.9. The van der Waals surface area contributed by atoms with Gasteiger partial charge >= 0.3 is 5.97 Å². The largest absolute Gasteiger partial charge is 0.495 e. The molecule has 0 bridgehead atoms. The molecule has 198 valence electrons. The molecule has 0 saturated heterocycles. The lowest BCUT2D eigenvalue weighted by Crippen LogP contribution is -2.25. The number of rotatable bonds is 9. The van der Waals surface area contributed by atoms with Gasteiger partial charge in [-0.1, -0.05) is 32.6 Å². The summed E-state index contributed by atoms with van der Waals surface area (Å²) < 4.78 is 47.5. The van der Waals surface area contributed by atoms with Crippen molar-refractivity contribution in [3.8, 4) is 5.75 Å². The average molecular weight is 539 g/mol. The molecule has 1 heterocycles. The van der Waals surface area contributed by atoms with Crippen LogP contribution in [0.15, 0.2) is 22.5 Å². The Kier molecular flexibility index (Phi) is 8.55. The second-order valence-corrected chi connectivity index (χ2v) is 12.7. The summed E-state index contributed by atoms with van der Waals surface area (Å²) in [5.74, 6) is 0.156. The van der Waals surface area contributed by atoms with Crippen LogP contribution in [0.4, 0.5) is 10.1 Å². The number of benzene rings is 1. The molecule has 36 heavy (non-hydrogen) atoms. The molecular weight excluding hydrogens is 503 g/mol. The van der Waals surface area contributed by atoms with Crippen LogP contribution in [0, 0.1) is 23.6 Å². The molecule has 1 aromatic heterocycles. The number of nitrogens with zero attached hydrogens (tertiary/aromatic N) is 1. The number of aromatic carboxylic acids is 1. The van der Waals surface area contributed by atoms with Crippen molar-refractivity contribution in [2.45, 2.75) is 82.1 Å². The predicted molar refractivity (Wildman–Crippen MR) is 138 cm³/mol. The Morgan fingerprint density at radius 1 is 1.14 bits per heavy atom. The molecule has 2 saturated carbocycles. The minimum absolute atomic E-state index is 0.0881. The number of methoxy groups -OCH3 is 1. The van der Waals surface area contributed by atoms with E-state index in [4.69, 9.17) is 9.84 Å². The van der Waals surface area contributed by atoms with Crippen LogP contribution in [0.5, 0.6) is 5.75 Å². The maximum atomic E-state index is 14.2. The van der Waals surface area contributed by atoms with E-state index in [0.29, 0.717) is 0 Å². The number of sulfonamides is 1. The summed E-state index contributed by atoms with van der Waals surface area (Å²) in [6, 6.07) is 1.76. The standard InChI is InChI=1S/C26H35FN2O5S2/c1-3-4-16-5-7-17(8-6-16)18-9-11-19(12-10-18)25-28-24(15-35-25)36(32,33)29-22-14-21(27)20(26(30)31)13-23(22)34-2/h13-19,29H,3-12H2,1-2H3,(H,30,31)/t16?,17?,18-,19-. The number of nitrogens with one attached hydrogen (secondary N) is 1. The van der Waals surface area contributed by atoms with Gasteiger partial charge in [0.15, 0.2) is 5.03 Å². The Labute approximate surface area is 216 Å². The van der Waals surface area contributed by atoms with Crippen LogP contribution in [0.1, 0.15) is 92.4 Å². The van der Waals surface area contributed by atoms with E-state index in [9.17, 15) is 17.6 Å². The van der Waals surface area contributed by atoms with E-state index in [0.717, 1.165) is 47.7 Å². The van der Waals surface area contributed by atoms with Crippen LogP contribution < -0.4 is 9.46 Å². The Bertz CT molecular complexity index is 1170. The van der Waals surface area contributed by atoms with Crippen molar-refractivity contribution in [1.82, 2.24) is 4.98 Å². The maximum Gasteiger partial charge on any atom is 0.338 e. The molecule has 0 unspecified atom stereocenters. The van der Waals surface area contributed by atoms with E-state index in [1.165, 1.54) is 75.2 Å². The number of carbonyl (C=O) groups is 1. The maximum absolute atomic E-state index is 14.2. The molecular formula is C26H35FN2O5S2. The predicted octanol–water partition coefficient (Wildman–Crippen LogP) is 6.67. The van der Waals surface area contributed by atoms with Crippen molar-refractivity contribution in [2.24, 2.45) is 17.8 Å². The van der Waals surface area contributed by atoms with Crippen LogP contribution in [-0.4, -0.2) is 31.6 Å². The SMILES string of the molecule is CCCC1CCC([C@H]2CC[C@H](c3nc(S(=O)(=O)Nc4cc(F)c(C(=O)O)cc4OC)cs3)CC2)CC1. The smallest absolute Gasteiger partial charge is 0.338 e. The minimum atomic E-state index is -4.10. The van der Waals surface area contributed by atoms with Crippen LogP contribution >= 0.6 is 11.3 Å². The quantitative estimate of drug-likeness (QED) is 0.369. The fourth-order valence-corrected chi connectivity index (χ4v) is 8.27. The lowest BCUT2D eigenvalue weighted by atomic mass is 9.69. The first-order valence-electron chi connectivity index (χ1n) is 12.8. The highest BCUT2D eigenvalue weighted by molar-refractivity contribution is 7.92. The van der Waals surface area contributed by atoms with Crippen molar-refractivity contribution in [1.29, 1.82) is 0 Å². The van der Waals surface area contributed by atoms with Gasteiger partial charge in [-0.15, -0.1) is 11.3 Å². The third-order valence-electron chi connectivity index (χ3n) is 7.92. The van der Waals surface area contributed by atoms with Gasteiger partial charge in [0.25, 0.3) is 10.0 Å². The zero-order chi connectivity index (χ0) is 25.9. The zero-order valence-corrected chi connectivity index (χ0v) is 22.5. The molecule has 10 heteroatoms. The zero-order valence-electron chi connectivity index (χ0n) is 20.8. The number of hydrogen-bond donors (Lipinski definition) is 2. The monoisotopic (exact) mass is 538 g/mol. The van der Waals surface area contributed by atoms with E-state index < -0.39 is 27.4 Å². The van der Waals surface area contributed by atoms with Gasteiger partial charge in [0, 0.05) is 17.4 Å². The van der Waals surface area contributed by atoms with Gasteiger partial charge in [0.05, 0.1) is 23.4 Å². The first kappa shape index (κ1) is 26.9. The number of carboxylic acid groups (broad SMARTS) is 1. The fraction of sp³-hybridized carbons (Fsp3) is 0.615. The van der Waals surface area contributed by atoms with Gasteiger partial charge in [0.1, 0.15) is 11.6 Å². The van der Waals surface area contributed by atoms with Gasteiger partial charge in [-0.25, -0.2) is 14.2 Å². The molecule has 1 aromatic carbocycles. The highest BCUT2D eigenvalue weighted by Crippen LogP contribution is 2.45. The first-order chi connectivity index (χ1) is 17.2. The second-order valence-electron chi connectivity index (χ2n) is 10.1. The molecule has 0 atom stereocenters. The van der Waals surface area contributed by atoms with Crippen LogP contribution in [0.3, 0.4) is 0 Å². The number of ether oxygens (including phenoxy) is 1. The molecule has 0 spiro atoms. The summed E-state index contributed by atoms with van der Waals surface area (Å²) in [4.78, 5) is 15.6. The molecule has 2 aliphatic carbocycles. The number of aromatic nitrogens is 1. The van der Waals surface area contributed by atoms with E-state index in [2.05, 4.69) is 16.6 Å². The fourth-order valence-electron chi connectivity index (χ4n) is 5.94. The topological polar surface area (TPSA) is 106 Å². The Balaban J connectivity index is 1.38. The number of anilines is 1. The van der Waals surface area contributed by atoms with Crippen molar-refractivity contribution in [3.05, 3.63) is 33.9 Å². The molecule has 2 aliphatic rings. The minimum Gasteiger partial charge on any atom is -0.495 e. The van der Waals surface area contributed by atoms with Crippen molar-refractivity contribution < 1.29 is 27.4 Å². The van der Waals surface area contributed by atoms with Crippen LogP contribution in [-0.2, 0) is 10.0 Å². The molecule has 4 rings (SSSR count). The highest BCUT2D eigenvalue weighted by Gasteiger charge is 2.32. The van der Waals surface area contributed by atoms with Gasteiger partial charge in [-0.2, -0.15) is 8.42 Å². The number of halogens is 1. The number of thiazole rings is 1. The number of hydrogen-bond acceptors (Lipinski definition) is 6. The van der Waals surface area contributed by atoms with E-state index in [1.54, 1.807) is 0 Å². The summed E-state index contributed by atoms with van der Waals surface area (Å²) in [6.07, 6.45) is 12.5. The summed E-state index contributed by atoms with van der Waals surface area (Å²) in [5.41, 5.74) is -0.779. The van der Waals surface area contributed by atoms with Gasteiger partial charge < -0.3 is 9.84 Å². The van der Waals surface area contributed by atoms with Gasteiger partial charge in [-0.05, 0) is 62.3 Å². The Hall–Kier alpha value is -2.20. The molecule has 0 radical (unpaired) electrons. The molecule has 0 aliphatic heterocycles. The van der Waals surface area contributed by atoms with Gasteiger partial charge in [-0.3, -0.25) is 4.72 Å². The highest BCUT2D eigenvalue weighted by atomic mass is 32.2.